The van der Waals surface area contributed by atoms with Gasteiger partial charge in [0.05, 0.1) is 10.7 Å². The van der Waals surface area contributed by atoms with Gasteiger partial charge < -0.3 is 5.73 Å². The molecule has 1 aliphatic rings. The first-order chi connectivity index (χ1) is 8.66. The highest BCUT2D eigenvalue weighted by Crippen LogP contribution is 2.46. The van der Waals surface area contributed by atoms with Crippen molar-refractivity contribution in [2.75, 3.05) is 0 Å². The molecule has 1 atom stereocenters. The minimum atomic E-state index is 0.0503. The van der Waals surface area contributed by atoms with E-state index in [1.165, 1.54) is 23.4 Å². The Kier molecular flexibility index (Phi) is 3.14. The van der Waals surface area contributed by atoms with Crippen molar-refractivity contribution in [1.82, 2.24) is 4.98 Å². The normalized spacial score (nSPS) is 16.8. The van der Waals surface area contributed by atoms with Gasteiger partial charge in [-0.25, -0.2) is 4.98 Å². The summed E-state index contributed by atoms with van der Waals surface area (Å²) in [6.07, 6.45) is 2.48. The molecule has 2 N–H and O–H groups in total. The van der Waals surface area contributed by atoms with E-state index in [-0.39, 0.29) is 6.04 Å². The second kappa shape index (κ2) is 4.65. The molecule has 0 bridgehead atoms. The van der Waals surface area contributed by atoms with Crippen LogP contribution in [0, 0.1) is 0 Å². The molecule has 94 valence electrons. The van der Waals surface area contributed by atoms with E-state index < -0.39 is 0 Å². The lowest BCUT2D eigenvalue weighted by Crippen LogP contribution is -2.05. The van der Waals surface area contributed by atoms with E-state index in [2.05, 4.69) is 0 Å². The number of aromatic nitrogens is 1. The van der Waals surface area contributed by atoms with Crippen molar-refractivity contribution >= 4 is 22.9 Å². The lowest BCUT2D eigenvalue weighted by atomic mass is 10.2. The van der Waals surface area contributed by atoms with E-state index >= 15 is 0 Å². The van der Waals surface area contributed by atoms with Crippen molar-refractivity contribution in [2.45, 2.75) is 31.7 Å². The minimum Gasteiger partial charge on any atom is -0.323 e. The van der Waals surface area contributed by atoms with Crippen molar-refractivity contribution in [2.24, 2.45) is 5.73 Å². The summed E-state index contributed by atoms with van der Waals surface area (Å²) in [6, 6.07) is 7.90. The predicted octanol–water partition coefficient (Wildman–Crippen LogP) is 4.36. The maximum Gasteiger partial charge on any atom is 0.125 e. The first kappa shape index (κ1) is 12.2. The van der Waals surface area contributed by atoms with Crippen LogP contribution >= 0.6 is 22.9 Å². The topological polar surface area (TPSA) is 38.9 Å². The third-order valence-electron chi connectivity index (χ3n) is 3.16. The van der Waals surface area contributed by atoms with Gasteiger partial charge in [0.25, 0.3) is 0 Å². The maximum absolute atomic E-state index is 6.23. The van der Waals surface area contributed by atoms with Crippen LogP contribution in [0.4, 0.5) is 0 Å². The Morgan fingerprint density at radius 2 is 2.11 bits per heavy atom. The number of nitrogens with zero attached hydrogens (tertiary/aromatic N) is 1. The summed E-state index contributed by atoms with van der Waals surface area (Å²) in [5.74, 6) is 0.624. The van der Waals surface area contributed by atoms with Crippen LogP contribution in [0.3, 0.4) is 0 Å². The highest BCUT2D eigenvalue weighted by molar-refractivity contribution is 7.15. The molecule has 0 saturated heterocycles. The van der Waals surface area contributed by atoms with Gasteiger partial charge in [0, 0.05) is 22.4 Å². The Bertz CT molecular complexity index is 553. The second-order valence-corrected chi connectivity index (χ2v) is 6.25. The van der Waals surface area contributed by atoms with E-state index in [4.69, 9.17) is 22.3 Å². The molecule has 0 spiro atoms. The first-order valence-electron chi connectivity index (χ1n) is 6.18. The Labute approximate surface area is 116 Å². The summed E-state index contributed by atoms with van der Waals surface area (Å²) < 4.78 is 0. The monoisotopic (exact) mass is 278 g/mol. The molecule has 18 heavy (non-hydrogen) atoms. The van der Waals surface area contributed by atoms with Gasteiger partial charge in [0.2, 0.25) is 0 Å². The second-order valence-electron chi connectivity index (χ2n) is 4.81. The van der Waals surface area contributed by atoms with E-state index in [0.29, 0.717) is 5.92 Å². The molecule has 1 fully saturated rings. The van der Waals surface area contributed by atoms with Gasteiger partial charge in [0.1, 0.15) is 5.01 Å². The maximum atomic E-state index is 6.23. The molecule has 1 heterocycles. The summed E-state index contributed by atoms with van der Waals surface area (Å²) in [4.78, 5) is 5.99. The van der Waals surface area contributed by atoms with Crippen LogP contribution in [0.25, 0.3) is 10.6 Å². The van der Waals surface area contributed by atoms with Crippen molar-refractivity contribution in [3.05, 3.63) is 39.9 Å². The van der Waals surface area contributed by atoms with Crippen LogP contribution in [-0.2, 0) is 0 Å². The Morgan fingerprint density at radius 3 is 2.72 bits per heavy atom. The molecular formula is C14H15ClN2S. The highest BCUT2D eigenvalue weighted by atomic mass is 35.5. The Balaban J connectivity index is 2.08. The van der Waals surface area contributed by atoms with Crippen molar-refractivity contribution < 1.29 is 0 Å². The molecule has 4 heteroatoms. The van der Waals surface area contributed by atoms with Crippen LogP contribution in [0.1, 0.15) is 42.3 Å². The summed E-state index contributed by atoms with van der Waals surface area (Å²) >= 11 is 7.91. The van der Waals surface area contributed by atoms with Crippen LogP contribution in [0.15, 0.2) is 24.3 Å². The molecule has 2 nitrogen and oxygen atoms in total. The van der Waals surface area contributed by atoms with Gasteiger partial charge in [-0.3, -0.25) is 0 Å². The van der Waals surface area contributed by atoms with Gasteiger partial charge in [-0.2, -0.15) is 0 Å². The summed E-state index contributed by atoms with van der Waals surface area (Å²) in [5, 5.41) is 1.75. The average Bonchev–Trinajstić information content (AvgIpc) is 3.09. The number of hydrogen-bond acceptors (Lipinski definition) is 3. The molecule has 1 aliphatic carbocycles. The molecular weight excluding hydrogens is 264 g/mol. The number of nitrogens with two attached hydrogens (primary N) is 1. The minimum absolute atomic E-state index is 0.0503. The van der Waals surface area contributed by atoms with Crippen molar-refractivity contribution in [1.29, 1.82) is 0 Å². The number of hydrogen-bond donors (Lipinski definition) is 1. The van der Waals surface area contributed by atoms with Gasteiger partial charge >= 0.3 is 0 Å². The zero-order chi connectivity index (χ0) is 12.7. The molecule has 1 aromatic heterocycles. The molecule has 0 radical (unpaired) electrons. The Hall–Kier alpha value is -0.900. The van der Waals surface area contributed by atoms with E-state index in [9.17, 15) is 0 Å². The average molecular weight is 279 g/mol. The summed E-state index contributed by atoms with van der Waals surface area (Å²) in [7, 11) is 0. The molecule has 1 unspecified atom stereocenters. The van der Waals surface area contributed by atoms with E-state index in [1.807, 2.05) is 31.2 Å². The van der Waals surface area contributed by atoms with Crippen LogP contribution in [0.2, 0.25) is 5.02 Å². The van der Waals surface area contributed by atoms with Crippen LogP contribution in [-0.4, -0.2) is 4.98 Å². The van der Waals surface area contributed by atoms with Crippen LogP contribution < -0.4 is 5.73 Å². The molecule has 1 aromatic carbocycles. The predicted molar refractivity (Wildman–Crippen MR) is 77.1 cm³/mol. The first-order valence-corrected chi connectivity index (χ1v) is 7.37. The zero-order valence-electron chi connectivity index (χ0n) is 10.2. The number of halogens is 1. The van der Waals surface area contributed by atoms with Crippen LogP contribution in [0.5, 0.6) is 0 Å². The van der Waals surface area contributed by atoms with E-state index in [0.717, 1.165) is 15.6 Å². The third kappa shape index (κ3) is 2.18. The van der Waals surface area contributed by atoms with Gasteiger partial charge in [-0.05, 0) is 25.8 Å². The van der Waals surface area contributed by atoms with Crippen molar-refractivity contribution in [3.63, 3.8) is 0 Å². The molecule has 1 saturated carbocycles. The summed E-state index contributed by atoms with van der Waals surface area (Å²) in [6.45, 7) is 2.02. The molecule has 3 rings (SSSR count). The van der Waals surface area contributed by atoms with E-state index in [1.54, 1.807) is 11.3 Å². The lowest BCUT2D eigenvalue weighted by molar-refractivity contribution is 0.811. The molecule has 0 aliphatic heterocycles. The zero-order valence-corrected chi connectivity index (χ0v) is 11.8. The smallest absolute Gasteiger partial charge is 0.125 e. The fourth-order valence-corrected chi connectivity index (χ4v) is 3.49. The SMILES string of the molecule is CC(N)c1sc(-c2ccccc2Cl)nc1C1CC1. The number of benzene rings is 1. The Morgan fingerprint density at radius 1 is 1.39 bits per heavy atom. The largest absolute Gasteiger partial charge is 0.323 e. The van der Waals surface area contributed by atoms with Gasteiger partial charge in [0.15, 0.2) is 0 Å². The fourth-order valence-electron chi connectivity index (χ4n) is 2.07. The fraction of sp³-hybridized carbons (Fsp3) is 0.357. The standard InChI is InChI=1S/C14H15ClN2S/c1-8(16)13-12(9-6-7-9)17-14(18-13)10-4-2-3-5-11(10)15/h2-5,8-9H,6-7,16H2,1H3. The number of thiazole rings is 1. The van der Waals surface area contributed by atoms with Gasteiger partial charge in [-0.1, -0.05) is 29.8 Å². The third-order valence-corrected chi connectivity index (χ3v) is 4.80. The molecule has 0 amide bonds. The van der Waals surface area contributed by atoms with Crippen molar-refractivity contribution in [3.8, 4) is 10.6 Å². The quantitative estimate of drug-likeness (QED) is 0.906. The summed E-state index contributed by atoms with van der Waals surface area (Å²) in [5.41, 5.74) is 8.26. The molecule has 2 aromatic rings. The van der Waals surface area contributed by atoms with Gasteiger partial charge in [-0.15, -0.1) is 11.3 Å². The number of rotatable bonds is 3. The lowest BCUT2D eigenvalue weighted by Gasteiger charge is -2.02. The highest BCUT2D eigenvalue weighted by Gasteiger charge is 2.31.